The van der Waals surface area contributed by atoms with E-state index in [2.05, 4.69) is 5.32 Å². The highest BCUT2D eigenvalue weighted by Gasteiger charge is 2.14. The van der Waals surface area contributed by atoms with Crippen LogP contribution < -0.4 is 5.32 Å². The van der Waals surface area contributed by atoms with Gasteiger partial charge in [-0.15, -0.1) is 0 Å². The fraction of sp³-hybridized carbons (Fsp3) is 0.500. The number of carboxylic acids is 1. The van der Waals surface area contributed by atoms with Gasteiger partial charge >= 0.3 is 5.97 Å². The monoisotopic (exact) mass is 269 g/mol. The van der Waals surface area contributed by atoms with E-state index in [-0.39, 0.29) is 0 Å². The summed E-state index contributed by atoms with van der Waals surface area (Å²) in [4.78, 5) is 10.9. The van der Waals surface area contributed by atoms with Crippen molar-refractivity contribution in [3.63, 3.8) is 0 Å². The number of hydrogen-bond acceptors (Lipinski definition) is 2. The molecule has 0 saturated carbocycles. The van der Waals surface area contributed by atoms with E-state index < -0.39 is 12.0 Å². The second-order valence-electron chi connectivity index (χ2n) is 4.36. The Labute approximate surface area is 113 Å². The number of halogens is 1. The maximum Gasteiger partial charge on any atom is 0.320 e. The minimum atomic E-state index is -0.761. The summed E-state index contributed by atoms with van der Waals surface area (Å²) in [6.07, 6.45) is 3.41. The lowest BCUT2D eigenvalue weighted by Gasteiger charge is -2.13. The lowest BCUT2D eigenvalue weighted by molar-refractivity contribution is -0.139. The first kappa shape index (κ1) is 15.0. The molecule has 18 heavy (non-hydrogen) atoms. The van der Waals surface area contributed by atoms with E-state index in [0.717, 1.165) is 30.8 Å². The predicted molar refractivity (Wildman–Crippen MR) is 74.1 cm³/mol. The van der Waals surface area contributed by atoms with E-state index in [1.807, 2.05) is 31.2 Å². The van der Waals surface area contributed by atoms with Gasteiger partial charge in [0.2, 0.25) is 0 Å². The zero-order chi connectivity index (χ0) is 13.4. The van der Waals surface area contributed by atoms with Crippen LogP contribution in [-0.2, 0) is 11.2 Å². The minimum Gasteiger partial charge on any atom is -0.480 e. The smallest absolute Gasteiger partial charge is 0.320 e. The molecule has 1 unspecified atom stereocenters. The largest absolute Gasteiger partial charge is 0.480 e. The Morgan fingerprint density at radius 1 is 1.39 bits per heavy atom. The fourth-order valence-corrected chi connectivity index (χ4v) is 1.95. The standard InChI is InChI=1S/C14H20ClNO2/c1-2-4-13(14(17)18)16-10-3-5-11-6-8-12(15)9-7-11/h6-9,13,16H,2-5,10H2,1H3,(H,17,18). The Kier molecular flexibility index (Phi) is 6.76. The minimum absolute atomic E-state index is 0.416. The van der Waals surface area contributed by atoms with Gasteiger partial charge in [-0.3, -0.25) is 4.79 Å². The van der Waals surface area contributed by atoms with E-state index in [4.69, 9.17) is 16.7 Å². The topological polar surface area (TPSA) is 49.3 Å². The van der Waals surface area contributed by atoms with E-state index in [1.54, 1.807) is 0 Å². The van der Waals surface area contributed by atoms with Crippen LogP contribution in [0.15, 0.2) is 24.3 Å². The normalized spacial score (nSPS) is 12.3. The molecule has 1 aromatic rings. The van der Waals surface area contributed by atoms with E-state index in [9.17, 15) is 4.79 Å². The molecular formula is C14H20ClNO2. The van der Waals surface area contributed by atoms with Crippen molar-refractivity contribution in [1.82, 2.24) is 5.32 Å². The molecule has 100 valence electrons. The zero-order valence-electron chi connectivity index (χ0n) is 10.7. The molecule has 3 nitrogen and oxygen atoms in total. The van der Waals surface area contributed by atoms with Crippen molar-refractivity contribution in [3.8, 4) is 0 Å². The highest BCUT2D eigenvalue weighted by molar-refractivity contribution is 6.30. The molecule has 0 radical (unpaired) electrons. The molecule has 1 rings (SSSR count). The average Bonchev–Trinajstić information content (AvgIpc) is 2.35. The van der Waals surface area contributed by atoms with E-state index in [1.165, 1.54) is 5.56 Å². The Bertz CT molecular complexity index is 365. The number of carbonyl (C=O) groups is 1. The van der Waals surface area contributed by atoms with Gasteiger partial charge in [-0.05, 0) is 43.5 Å². The Morgan fingerprint density at radius 3 is 2.61 bits per heavy atom. The van der Waals surface area contributed by atoms with Crippen molar-refractivity contribution in [2.24, 2.45) is 0 Å². The molecule has 1 aromatic carbocycles. The molecule has 0 aliphatic rings. The number of rotatable bonds is 8. The SMILES string of the molecule is CCCC(NCCCc1ccc(Cl)cc1)C(=O)O. The van der Waals surface area contributed by atoms with Crippen molar-refractivity contribution >= 4 is 17.6 Å². The lowest BCUT2D eigenvalue weighted by Crippen LogP contribution is -2.37. The molecule has 0 saturated heterocycles. The van der Waals surface area contributed by atoms with Crippen molar-refractivity contribution in [2.45, 2.75) is 38.6 Å². The Morgan fingerprint density at radius 2 is 2.06 bits per heavy atom. The summed E-state index contributed by atoms with van der Waals surface area (Å²) in [7, 11) is 0. The maximum absolute atomic E-state index is 10.9. The fourth-order valence-electron chi connectivity index (χ4n) is 1.82. The van der Waals surface area contributed by atoms with Crippen molar-refractivity contribution in [1.29, 1.82) is 0 Å². The zero-order valence-corrected chi connectivity index (χ0v) is 11.4. The van der Waals surface area contributed by atoms with Gasteiger partial charge in [0.15, 0.2) is 0 Å². The average molecular weight is 270 g/mol. The second kappa shape index (κ2) is 8.11. The summed E-state index contributed by atoms with van der Waals surface area (Å²) >= 11 is 5.81. The highest BCUT2D eigenvalue weighted by atomic mass is 35.5. The molecule has 0 aliphatic heterocycles. The third-order valence-corrected chi connectivity index (χ3v) is 3.07. The van der Waals surface area contributed by atoms with E-state index >= 15 is 0 Å². The van der Waals surface area contributed by atoms with Crippen LogP contribution in [0.4, 0.5) is 0 Å². The molecule has 4 heteroatoms. The number of hydrogen-bond donors (Lipinski definition) is 2. The summed E-state index contributed by atoms with van der Waals surface area (Å²) in [6.45, 7) is 2.71. The van der Waals surface area contributed by atoms with Crippen LogP contribution in [0.25, 0.3) is 0 Å². The van der Waals surface area contributed by atoms with Gasteiger partial charge in [-0.2, -0.15) is 0 Å². The summed E-state index contributed by atoms with van der Waals surface area (Å²) in [5, 5.41) is 12.8. The van der Waals surface area contributed by atoms with Crippen LogP contribution >= 0.6 is 11.6 Å². The summed E-state index contributed by atoms with van der Waals surface area (Å²) in [5.41, 5.74) is 1.23. The first-order valence-electron chi connectivity index (χ1n) is 6.34. The van der Waals surface area contributed by atoms with Crippen LogP contribution in [0.1, 0.15) is 31.7 Å². The summed E-state index contributed by atoms with van der Waals surface area (Å²) < 4.78 is 0. The third kappa shape index (κ3) is 5.52. The Hall–Kier alpha value is -1.06. The lowest BCUT2D eigenvalue weighted by atomic mass is 10.1. The quantitative estimate of drug-likeness (QED) is 0.713. The van der Waals surface area contributed by atoms with Crippen molar-refractivity contribution < 1.29 is 9.90 Å². The number of benzene rings is 1. The van der Waals surface area contributed by atoms with Gasteiger partial charge in [0, 0.05) is 5.02 Å². The van der Waals surface area contributed by atoms with Crippen LogP contribution in [0.5, 0.6) is 0 Å². The van der Waals surface area contributed by atoms with Gasteiger partial charge in [-0.25, -0.2) is 0 Å². The van der Waals surface area contributed by atoms with Crippen LogP contribution in [0, 0.1) is 0 Å². The van der Waals surface area contributed by atoms with Crippen LogP contribution in [0.2, 0.25) is 5.02 Å². The number of carboxylic acid groups (broad SMARTS) is 1. The molecule has 0 aromatic heterocycles. The van der Waals surface area contributed by atoms with E-state index in [0.29, 0.717) is 6.42 Å². The Balaban J connectivity index is 2.25. The van der Waals surface area contributed by atoms with Gasteiger partial charge < -0.3 is 10.4 Å². The number of aryl methyl sites for hydroxylation is 1. The highest BCUT2D eigenvalue weighted by Crippen LogP contribution is 2.10. The van der Waals surface area contributed by atoms with Crippen molar-refractivity contribution in [3.05, 3.63) is 34.9 Å². The number of aliphatic carboxylic acids is 1. The molecule has 0 fully saturated rings. The first-order valence-corrected chi connectivity index (χ1v) is 6.72. The van der Waals surface area contributed by atoms with Crippen molar-refractivity contribution in [2.75, 3.05) is 6.54 Å². The van der Waals surface area contributed by atoms with Crippen LogP contribution in [-0.4, -0.2) is 23.7 Å². The molecular weight excluding hydrogens is 250 g/mol. The molecule has 0 bridgehead atoms. The second-order valence-corrected chi connectivity index (χ2v) is 4.80. The van der Waals surface area contributed by atoms with Gasteiger partial charge in [0.1, 0.15) is 6.04 Å². The summed E-state index contributed by atoms with van der Waals surface area (Å²) in [5.74, 6) is -0.761. The van der Waals surface area contributed by atoms with Crippen LogP contribution in [0.3, 0.4) is 0 Å². The first-order chi connectivity index (χ1) is 8.63. The predicted octanol–water partition coefficient (Wildman–Crippen LogP) is 3.12. The molecule has 2 N–H and O–H groups in total. The maximum atomic E-state index is 10.9. The number of nitrogens with one attached hydrogen (secondary N) is 1. The molecule has 0 heterocycles. The molecule has 1 atom stereocenters. The molecule has 0 spiro atoms. The van der Waals surface area contributed by atoms with Gasteiger partial charge in [-0.1, -0.05) is 37.1 Å². The molecule has 0 aliphatic carbocycles. The summed E-state index contributed by atoms with van der Waals surface area (Å²) in [6, 6.07) is 7.34. The van der Waals surface area contributed by atoms with Gasteiger partial charge in [0.25, 0.3) is 0 Å². The van der Waals surface area contributed by atoms with Gasteiger partial charge in [0.05, 0.1) is 0 Å². The molecule has 0 amide bonds. The third-order valence-electron chi connectivity index (χ3n) is 2.82.